The maximum atomic E-state index is 10.7. The highest BCUT2D eigenvalue weighted by molar-refractivity contribution is 5.73. The molecule has 1 aromatic rings. The van der Waals surface area contributed by atoms with Crippen LogP contribution in [0.25, 0.3) is 0 Å². The fourth-order valence-corrected chi connectivity index (χ4v) is 1.31. The van der Waals surface area contributed by atoms with Gasteiger partial charge in [-0.1, -0.05) is 0 Å². The Labute approximate surface area is 93.9 Å². The molecule has 1 aromatic heterocycles. The van der Waals surface area contributed by atoms with E-state index in [0.29, 0.717) is 24.1 Å². The number of carboxylic acid groups (broad SMARTS) is 1. The number of methoxy groups -OCH3 is 1. The van der Waals surface area contributed by atoms with Gasteiger partial charge in [0.15, 0.2) is 0 Å². The summed E-state index contributed by atoms with van der Waals surface area (Å²) in [5, 5.41) is 8.76. The molecule has 16 heavy (non-hydrogen) atoms. The van der Waals surface area contributed by atoms with Gasteiger partial charge in [-0.25, -0.2) is 4.98 Å². The first-order valence-corrected chi connectivity index (χ1v) is 4.93. The minimum absolute atomic E-state index is 0.0872. The summed E-state index contributed by atoms with van der Waals surface area (Å²) in [5.41, 5.74) is 0. The van der Waals surface area contributed by atoms with Gasteiger partial charge in [-0.3, -0.25) is 4.79 Å². The number of hydrogen-bond donors (Lipinski definition) is 1. The van der Waals surface area contributed by atoms with Gasteiger partial charge in [0.05, 0.1) is 7.11 Å². The number of carboxylic acids is 1. The fourth-order valence-electron chi connectivity index (χ4n) is 1.31. The van der Waals surface area contributed by atoms with Crippen molar-refractivity contribution in [3.8, 4) is 5.88 Å². The third-order valence-corrected chi connectivity index (χ3v) is 2.04. The molecule has 0 fully saturated rings. The summed E-state index contributed by atoms with van der Waals surface area (Å²) in [6, 6.07) is 1.62. The van der Waals surface area contributed by atoms with Crippen molar-refractivity contribution in [2.75, 3.05) is 25.1 Å². The highest BCUT2D eigenvalue weighted by atomic mass is 16.5. The average Bonchev–Trinajstić information content (AvgIpc) is 2.24. The van der Waals surface area contributed by atoms with Gasteiger partial charge >= 0.3 is 5.97 Å². The number of nitrogens with zero attached hydrogens (tertiary/aromatic N) is 3. The van der Waals surface area contributed by atoms with Gasteiger partial charge in [0.1, 0.15) is 18.2 Å². The summed E-state index contributed by atoms with van der Waals surface area (Å²) < 4.78 is 5.01. The van der Waals surface area contributed by atoms with Crippen LogP contribution in [0.3, 0.4) is 0 Å². The molecular formula is C10H15N3O3. The smallest absolute Gasteiger partial charge is 0.323 e. The SMILES string of the molecule is CCN(CC(=O)O)c1cc(OC)nc(C)n1. The van der Waals surface area contributed by atoms with Crippen LogP contribution in [-0.2, 0) is 4.79 Å². The van der Waals surface area contributed by atoms with Gasteiger partial charge in [0.2, 0.25) is 5.88 Å². The molecule has 0 unspecified atom stereocenters. The number of aromatic nitrogens is 2. The molecule has 1 rings (SSSR count). The molecule has 0 radical (unpaired) electrons. The second-order valence-electron chi connectivity index (χ2n) is 3.22. The first kappa shape index (κ1) is 12.2. The maximum absolute atomic E-state index is 10.7. The van der Waals surface area contributed by atoms with E-state index in [9.17, 15) is 4.79 Å². The number of hydrogen-bond acceptors (Lipinski definition) is 5. The first-order chi connectivity index (χ1) is 7.56. The molecule has 0 saturated heterocycles. The predicted octanol–water partition coefficient (Wildman–Crippen LogP) is 0.705. The maximum Gasteiger partial charge on any atom is 0.323 e. The normalized spacial score (nSPS) is 9.94. The molecule has 0 saturated carbocycles. The van der Waals surface area contributed by atoms with E-state index in [-0.39, 0.29) is 6.54 Å². The van der Waals surface area contributed by atoms with Crippen molar-refractivity contribution in [3.63, 3.8) is 0 Å². The van der Waals surface area contributed by atoms with Crippen LogP contribution in [0, 0.1) is 6.92 Å². The molecule has 1 heterocycles. The lowest BCUT2D eigenvalue weighted by Crippen LogP contribution is -2.30. The van der Waals surface area contributed by atoms with Gasteiger partial charge in [0.25, 0.3) is 0 Å². The number of aryl methyl sites for hydroxylation is 1. The summed E-state index contributed by atoms with van der Waals surface area (Å²) in [5.74, 6) is 0.663. The van der Waals surface area contributed by atoms with Crippen molar-refractivity contribution in [1.82, 2.24) is 9.97 Å². The quantitative estimate of drug-likeness (QED) is 0.795. The number of rotatable bonds is 5. The lowest BCUT2D eigenvalue weighted by atomic mass is 10.4. The Morgan fingerprint density at radius 2 is 2.25 bits per heavy atom. The lowest BCUT2D eigenvalue weighted by molar-refractivity contribution is -0.135. The van der Waals surface area contributed by atoms with E-state index < -0.39 is 5.97 Å². The molecule has 0 spiro atoms. The van der Waals surface area contributed by atoms with E-state index in [2.05, 4.69) is 9.97 Å². The minimum atomic E-state index is -0.892. The van der Waals surface area contributed by atoms with Gasteiger partial charge < -0.3 is 14.7 Å². The van der Waals surface area contributed by atoms with E-state index in [1.54, 1.807) is 17.9 Å². The van der Waals surface area contributed by atoms with Crippen LogP contribution in [0.5, 0.6) is 5.88 Å². The summed E-state index contributed by atoms with van der Waals surface area (Å²) in [7, 11) is 1.51. The Bertz CT molecular complexity index is 382. The van der Waals surface area contributed by atoms with Crippen LogP contribution in [-0.4, -0.2) is 41.2 Å². The van der Waals surface area contributed by atoms with Crippen LogP contribution >= 0.6 is 0 Å². The van der Waals surface area contributed by atoms with Crippen LogP contribution in [0.2, 0.25) is 0 Å². The molecule has 0 aliphatic carbocycles. The highest BCUT2D eigenvalue weighted by Gasteiger charge is 2.12. The van der Waals surface area contributed by atoms with Crippen LogP contribution in [0.4, 0.5) is 5.82 Å². The first-order valence-electron chi connectivity index (χ1n) is 4.93. The summed E-state index contributed by atoms with van der Waals surface area (Å²) in [6.45, 7) is 4.08. The van der Waals surface area contributed by atoms with E-state index in [4.69, 9.17) is 9.84 Å². The summed E-state index contributed by atoms with van der Waals surface area (Å²) in [6.07, 6.45) is 0. The van der Waals surface area contributed by atoms with Crippen molar-refractivity contribution in [2.45, 2.75) is 13.8 Å². The van der Waals surface area contributed by atoms with Gasteiger partial charge in [-0.2, -0.15) is 4.98 Å². The van der Waals surface area contributed by atoms with Crippen LogP contribution in [0.15, 0.2) is 6.07 Å². The number of anilines is 1. The summed E-state index contributed by atoms with van der Waals surface area (Å²) >= 11 is 0. The third kappa shape index (κ3) is 3.08. The minimum Gasteiger partial charge on any atom is -0.481 e. The second kappa shape index (κ2) is 5.29. The third-order valence-electron chi connectivity index (χ3n) is 2.04. The van der Waals surface area contributed by atoms with E-state index in [1.807, 2.05) is 6.92 Å². The Balaban J connectivity index is 2.99. The molecule has 1 N–H and O–H groups in total. The van der Waals surface area contributed by atoms with Gasteiger partial charge in [0, 0.05) is 12.6 Å². The van der Waals surface area contributed by atoms with Gasteiger partial charge in [-0.15, -0.1) is 0 Å². The van der Waals surface area contributed by atoms with Crippen molar-refractivity contribution in [2.24, 2.45) is 0 Å². The largest absolute Gasteiger partial charge is 0.481 e. The molecule has 0 aliphatic heterocycles. The lowest BCUT2D eigenvalue weighted by Gasteiger charge is -2.20. The molecule has 0 atom stereocenters. The molecule has 0 aliphatic rings. The molecule has 6 heteroatoms. The number of carbonyl (C=O) groups is 1. The van der Waals surface area contributed by atoms with E-state index in [0.717, 1.165) is 0 Å². The van der Waals surface area contributed by atoms with E-state index in [1.165, 1.54) is 7.11 Å². The van der Waals surface area contributed by atoms with Crippen molar-refractivity contribution >= 4 is 11.8 Å². The van der Waals surface area contributed by atoms with Crippen molar-refractivity contribution < 1.29 is 14.6 Å². The second-order valence-corrected chi connectivity index (χ2v) is 3.22. The number of likely N-dealkylation sites (N-methyl/N-ethyl adjacent to an activating group) is 1. The zero-order chi connectivity index (χ0) is 12.1. The fraction of sp³-hybridized carbons (Fsp3) is 0.500. The van der Waals surface area contributed by atoms with Crippen molar-refractivity contribution in [1.29, 1.82) is 0 Å². The Hall–Kier alpha value is -1.85. The predicted molar refractivity (Wildman–Crippen MR) is 58.8 cm³/mol. The van der Waals surface area contributed by atoms with Gasteiger partial charge in [-0.05, 0) is 13.8 Å². The van der Waals surface area contributed by atoms with Crippen LogP contribution < -0.4 is 9.64 Å². The molecule has 6 nitrogen and oxygen atoms in total. The van der Waals surface area contributed by atoms with E-state index >= 15 is 0 Å². The highest BCUT2D eigenvalue weighted by Crippen LogP contribution is 2.16. The molecular weight excluding hydrogens is 210 g/mol. The molecule has 88 valence electrons. The monoisotopic (exact) mass is 225 g/mol. The Morgan fingerprint density at radius 3 is 2.75 bits per heavy atom. The average molecular weight is 225 g/mol. The van der Waals surface area contributed by atoms with Crippen molar-refractivity contribution in [3.05, 3.63) is 11.9 Å². The Morgan fingerprint density at radius 1 is 1.56 bits per heavy atom. The number of aliphatic carboxylic acids is 1. The molecule has 0 aromatic carbocycles. The zero-order valence-corrected chi connectivity index (χ0v) is 9.60. The topological polar surface area (TPSA) is 75.6 Å². The Kier molecular flexibility index (Phi) is 4.04. The van der Waals surface area contributed by atoms with Crippen LogP contribution in [0.1, 0.15) is 12.7 Å². The standard InChI is InChI=1S/C10H15N3O3/c1-4-13(6-10(14)15)8-5-9(16-3)12-7(2)11-8/h5H,4,6H2,1-3H3,(H,14,15). The number of ether oxygens (including phenoxy) is 1. The molecule has 0 bridgehead atoms. The zero-order valence-electron chi connectivity index (χ0n) is 9.60. The summed E-state index contributed by atoms with van der Waals surface area (Å²) in [4.78, 5) is 20.5. The molecule has 0 amide bonds.